The van der Waals surface area contributed by atoms with Crippen LogP contribution in [-0.4, -0.2) is 51.7 Å². The molecular formula is C21H21N7O2. The van der Waals surface area contributed by atoms with Gasteiger partial charge in [0.05, 0.1) is 36.3 Å². The molecule has 2 aromatic heterocycles. The molecule has 4 aromatic rings. The summed E-state index contributed by atoms with van der Waals surface area (Å²) >= 11 is 0. The predicted molar refractivity (Wildman–Crippen MR) is 115 cm³/mol. The lowest BCUT2D eigenvalue weighted by atomic mass is 10.1. The maximum atomic E-state index is 9.26. The summed E-state index contributed by atoms with van der Waals surface area (Å²) in [6, 6.07) is 15.3. The van der Waals surface area contributed by atoms with Crippen LogP contribution in [0.5, 0.6) is 0 Å². The van der Waals surface area contributed by atoms with E-state index in [1.807, 2.05) is 42.5 Å². The second-order valence-corrected chi connectivity index (χ2v) is 7.03. The van der Waals surface area contributed by atoms with E-state index in [0.29, 0.717) is 30.7 Å². The fourth-order valence-corrected chi connectivity index (χ4v) is 3.47. The van der Waals surface area contributed by atoms with Gasteiger partial charge in [-0.1, -0.05) is 12.1 Å². The summed E-state index contributed by atoms with van der Waals surface area (Å²) in [6.45, 7) is 2.78. The van der Waals surface area contributed by atoms with E-state index < -0.39 is 0 Å². The molecule has 152 valence electrons. The normalized spacial score (nSPS) is 14.1. The van der Waals surface area contributed by atoms with Gasteiger partial charge in [-0.3, -0.25) is 15.8 Å². The first-order valence-corrected chi connectivity index (χ1v) is 9.71. The molecule has 3 heterocycles. The molecule has 1 aliphatic heterocycles. The number of aromatic nitrogens is 4. The maximum absolute atomic E-state index is 9.26. The van der Waals surface area contributed by atoms with E-state index in [4.69, 9.17) is 14.7 Å². The highest BCUT2D eigenvalue weighted by atomic mass is 16.5. The third kappa shape index (κ3) is 3.76. The topological polar surface area (TPSA) is 111 Å². The molecule has 1 aliphatic rings. The van der Waals surface area contributed by atoms with E-state index >= 15 is 0 Å². The van der Waals surface area contributed by atoms with Crippen molar-refractivity contribution in [1.82, 2.24) is 20.2 Å². The molecule has 30 heavy (non-hydrogen) atoms. The van der Waals surface area contributed by atoms with E-state index in [1.54, 1.807) is 12.3 Å². The first kappa shape index (κ1) is 18.3. The molecule has 0 radical (unpaired) electrons. The van der Waals surface area contributed by atoms with Crippen LogP contribution in [0.1, 0.15) is 0 Å². The molecule has 0 saturated carbocycles. The van der Waals surface area contributed by atoms with Crippen molar-refractivity contribution in [2.75, 3.05) is 42.0 Å². The van der Waals surface area contributed by atoms with Crippen LogP contribution in [-0.2, 0) is 4.74 Å². The Morgan fingerprint density at radius 3 is 2.77 bits per heavy atom. The number of morpholine rings is 1. The highest BCUT2D eigenvalue weighted by Crippen LogP contribution is 2.28. The van der Waals surface area contributed by atoms with Gasteiger partial charge in [-0.2, -0.15) is 10.1 Å². The van der Waals surface area contributed by atoms with Crippen molar-refractivity contribution in [2.24, 2.45) is 0 Å². The van der Waals surface area contributed by atoms with Gasteiger partial charge in [0.25, 0.3) is 0 Å². The van der Waals surface area contributed by atoms with Crippen LogP contribution in [0.2, 0.25) is 0 Å². The number of benzene rings is 2. The van der Waals surface area contributed by atoms with E-state index in [0.717, 1.165) is 40.9 Å². The number of hydrogen-bond acceptors (Lipinski definition) is 8. The van der Waals surface area contributed by atoms with Crippen LogP contribution >= 0.6 is 0 Å². The van der Waals surface area contributed by atoms with Crippen LogP contribution in [0.4, 0.5) is 23.1 Å². The zero-order chi connectivity index (χ0) is 20.3. The number of ether oxygens (including phenoxy) is 1. The van der Waals surface area contributed by atoms with Crippen LogP contribution in [0.15, 0.2) is 54.7 Å². The Morgan fingerprint density at radius 2 is 1.90 bits per heavy atom. The molecule has 9 nitrogen and oxygen atoms in total. The van der Waals surface area contributed by atoms with Gasteiger partial charge in [0.1, 0.15) is 5.82 Å². The molecule has 2 aromatic carbocycles. The highest BCUT2D eigenvalue weighted by molar-refractivity contribution is 5.83. The number of hydrogen-bond donors (Lipinski definition) is 4. The third-order valence-electron chi connectivity index (χ3n) is 5.01. The molecule has 0 spiro atoms. The standard InChI is InChI=1S/C21H21N7O2/c29-27-17-3-1-2-14(10-17)19-12-20(25-21(24-19)28-6-8-30-9-7-28)23-16-4-5-18-15(11-16)13-22-26-18/h1-5,10-13,27,29H,6-9H2,(H,22,26)(H,23,24,25). The van der Waals surface area contributed by atoms with E-state index in [-0.39, 0.29) is 0 Å². The molecule has 4 N–H and O–H groups in total. The first-order chi connectivity index (χ1) is 14.8. The molecule has 0 atom stereocenters. The number of rotatable bonds is 5. The summed E-state index contributed by atoms with van der Waals surface area (Å²) in [6.07, 6.45) is 1.79. The summed E-state index contributed by atoms with van der Waals surface area (Å²) < 4.78 is 5.47. The molecular weight excluding hydrogens is 382 g/mol. The Bertz CT molecular complexity index is 1170. The number of nitrogens with zero attached hydrogens (tertiary/aromatic N) is 4. The minimum Gasteiger partial charge on any atom is -0.378 e. The fourth-order valence-electron chi connectivity index (χ4n) is 3.47. The molecule has 0 amide bonds. The Hall–Kier alpha value is -3.69. The lowest BCUT2D eigenvalue weighted by Gasteiger charge is -2.27. The zero-order valence-electron chi connectivity index (χ0n) is 16.2. The minimum absolute atomic E-state index is 0.596. The van der Waals surface area contributed by atoms with Gasteiger partial charge in [-0.05, 0) is 30.3 Å². The summed E-state index contributed by atoms with van der Waals surface area (Å²) in [7, 11) is 0. The summed E-state index contributed by atoms with van der Waals surface area (Å²) in [4.78, 5) is 11.6. The lowest BCUT2D eigenvalue weighted by Crippen LogP contribution is -2.37. The van der Waals surface area contributed by atoms with Crippen molar-refractivity contribution in [3.63, 3.8) is 0 Å². The van der Waals surface area contributed by atoms with E-state index in [2.05, 4.69) is 25.9 Å². The Balaban J connectivity index is 1.54. The van der Waals surface area contributed by atoms with Crippen molar-refractivity contribution in [2.45, 2.75) is 0 Å². The highest BCUT2D eigenvalue weighted by Gasteiger charge is 2.17. The van der Waals surface area contributed by atoms with Gasteiger partial charge >= 0.3 is 0 Å². The average Bonchev–Trinajstić information content (AvgIpc) is 3.27. The van der Waals surface area contributed by atoms with Gasteiger partial charge in [0, 0.05) is 35.8 Å². The quantitative estimate of drug-likeness (QED) is 0.375. The van der Waals surface area contributed by atoms with Crippen molar-refractivity contribution in [3.05, 3.63) is 54.7 Å². The van der Waals surface area contributed by atoms with Crippen molar-refractivity contribution in [1.29, 1.82) is 0 Å². The molecule has 1 saturated heterocycles. The Labute approximate surface area is 172 Å². The number of nitrogens with one attached hydrogen (secondary N) is 3. The second kappa shape index (κ2) is 7.97. The monoisotopic (exact) mass is 403 g/mol. The molecule has 9 heteroatoms. The first-order valence-electron chi connectivity index (χ1n) is 9.71. The zero-order valence-corrected chi connectivity index (χ0v) is 16.2. The predicted octanol–water partition coefficient (Wildman–Crippen LogP) is 3.40. The molecule has 0 bridgehead atoms. The molecule has 1 fully saturated rings. The van der Waals surface area contributed by atoms with Crippen molar-refractivity contribution in [3.8, 4) is 11.3 Å². The van der Waals surface area contributed by atoms with Gasteiger partial charge in [0.15, 0.2) is 0 Å². The summed E-state index contributed by atoms with van der Waals surface area (Å²) in [5.74, 6) is 1.33. The SMILES string of the molecule is ONc1cccc(-c2cc(Nc3ccc4[nH]ncc4c3)nc(N3CCOCC3)n2)c1. The molecule has 0 unspecified atom stereocenters. The van der Waals surface area contributed by atoms with Crippen LogP contribution in [0, 0.1) is 0 Å². The average molecular weight is 403 g/mol. The lowest BCUT2D eigenvalue weighted by molar-refractivity contribution is 0.122. The van der Waals surface area contributed by atoms with Gasteiger partial charge in [0.2, 0.25) is 5.95 Å². The Morgan fingerprint density at radius 1 is 1.00 bits per heavy atom. The van der Waals surface area contributed by atoms with E-state index in [9.17, 15) is 5.21 Å². The maximum Gasteiger partial charge on any atom is 0.228 e. The molecule has 0 aliphatic carbocycles. The number of aromatic amines is 1. The van der Waals surface area contributed by atoms with Gasteiger partial charge in [-0.15, -0.1) is 0 Å². The number of H-pyrrole nitrogens is 1. The van der Waals surface area contributed by atoms with Crippen LogP contribution in [0.3, 0.4) is 0 Å². The van der Waals surface area contributed by atoms with Gasteiger partial charge in [-0.25, -0.2) is 4.98 Å². The van der Waals surface area contributed by atoms with Crippen molar-refractivity contribution >= 4 is 34.0 Å². The molecule has 5 rings (SSSR count). The van der Waals surface area contributed by atoms with Crippen molar-refractivity contribution < 1.29 is 9.94 Å². The second-order valence-electron chi connectivity index (χ2n) is 7.03. The minimum atomic E-state index is 0.596. The van der Waals surface area contributed by atoms with Gasteiger partial charge < -0.3 is 15.0 Å². The Kier molecular flexibility index (Phi) is 4.88. The number of anilines is 4. The van der Waals surface area contributed by atoms with Crippen LogP contribution < -0.4 is 15.7 Å². The van der Waals surface area contributed by atoms with Crippen LogP contribution in [0.25, 0.3) is 22.2 Å². The smallest absolute Gasteiger partial charge is 0.228 e. The third-order valence-corrected chi connectivity index (χ3v) is 5.01. The summed E-state index contributed by atoms with van der Waals surface area (Å²) in [5.41, 5.74) is 6.31. The largest absolute Gasteiger partial charge is 0.378 e. The number of fused-ring (bicyclic) bond motifs is 1. The summed E-state index contributed by atoms with van der Waals surface area (Å²) in [5, 5.41) is 20.7. The fraction of sp³-hybridized carbons (Fsp3) is 0.190. The van der Waals surface area contributed by atoms with E-state index in [1.165, 1.54) is 0 Å².